The van der Waals surface area contributed by atoms with Gasteiger partial charge in [0.15, 0.2) is 11.5 Å². The summed E-state index contributed by atoms with van der Waals surface area (Å²) < 4.78 is 9.77. The molecule has 90 valence electrons. The second-order valence-electron chi connectivity index (χ2n) is 3.38. The third-order valence-electron chi connectivity index (χ3n) is 2.08. The molecule has 0 atom stereocenters. The number of carbonyl (C=O) groups is 1. The average Bonchev–Trinajstić information content (AvgIpc) is 2.97. The third-order valence-corrected chi connectivity index (χ3v) is 2.08. The minimum absolute atomic E-state index is 0.233. The molecule has 0 bridgehead atoms. The highest BCUT2D eigenvalue weighted by Crippen LogP contribution is 2.04. The van der Waals surface area contributed by atoms with Gasteiger partial charge in [0.25, 0.3) is 5.91 Å². The fourth-order valence-electron chi connectivity index (χ4n) is 1.28. The first-order chi connectivity index (χ1) is 8.29. The van der Waals surface area contributed by atoms with Gasteiger partial charge in [-0.1, -0.05) is 5.16 Å². The lowest BCUT2D eigenvalue weighted by Crippen LogP contribution is -2.23. The summed E-state index contributed by atoms with van der Waals surface area (Å²) in [5, 5.41) is 12.8. The molecule has 2 heterocycles. The van der Waals surface area contributed by atoms with E-state index in [9.17, 15) is 4.79 Å². The number of aromatic amines is 1. The number of methoxy groups -OCH3 is 1. The van der Waals surface area contributed by atoms with Crippen LogP contribution in [0.3, 0.4) is 0 Å². The van der Waals surface area contributed by atoms with Crippen LogP contribution in [0.15, 0.2) is 22.9 Å². The summed E-state index contributed by atoms with van der Waals surface area (Å²) >= 11 is 0. The number of hydrogen-bond acceptors (Lipinski definition) is 5. The highest BCUT2D eigenvalue weighted by molar-refractivity contribution is 5.92. The van der Waals surface area contributed by atoms with E-state index in [-0.39, 0.29) is 11.6 Å². The first-order valence-electron chi connectivity index (χ1n) is 5.00. The van der Waals surface area contributed by atoms with Crippen molar-refractivity contribution in [3.05, 3.63) is 35.5 Å². The molecule has 2 N–H and O–H groups in total. The monoisotopic (exact) mass is 236 g/mol. The van der Waals surface area contributed by atoms with Crippen molar-refractivity contribution < 1.29 is 14.1 Å². The van der Waals surface area contributed by atoms with E-state index in [4.69, 9.17) is 9.26 Å². The number of hydrogen-bond donors (Lipinski definition) is 2. The van der Waals surface area contributed by atoms with Crippen LogP contribution >= 0.6 is 0 Å². The Morgan fingerprint density at radius 2 is 2.53 bits per heavy atom. The molecule has 0 saturated carbocycles. The van der Waals surface area contributed by atoms with Gasteiger partial charge in [-0.3, -0.25) is 9.89 Å². The van der Waals surface area contributed by atoms with Crippen molar-refractivity contribution in [2.45, 2.75) is 13.2 Å². The van der Waals surface area contributed by atoms with Gasteiger partial charge in [0.1, 0.15) is 6.61 Å². The summed E-state index contributed by atoms with van der Waals surface area (Å²) in [5.41, 5.74) is 1.05. The molecule has 0 aliphatic carbocycles. The number of nitrogens with zero attached hydrogens (tertiary/aromatic N) is 2. The summed E-state index contributed by atoms with van der Waals surface area (Å²) in [6, 6.07) is 3.32. The molecule has 7 nitrogen and oxygen atoms in total. The number of ether oxygens (including phenoxy) is 1. The maximum Gasteiger partial charge on any atom is 0.273 e. The maximum atomic E-state index is 11.6. The number of carbonyl (C=O) groups excluding carboxylic acids is 1. The summed E-state index contributed by atoms with van der Waals surface area (Å²) in [5.74, 6) is 0.213. The molecule has 0 aliphatic heterocycles. The Morgan fingerprint density at radius 3 is 3.24 bits per heavy atom. The second-order valence-corrected chi connectivity index (χ2v) is 3.38. The van der Waals surface area contributed by atoms with Gasteiger partial charge in [-0.15, -0.1) is 0 Å². The van der Waals surface area contributed by atoms with E-state index in [1.165, 1.54) is 0 Å². The van der Waals surface area contributed by atoms with E-state index in [1.54, 1.807) is 25.4 Å². The summed E-state index contributed by atoms with van der Waals surface area (Å²) in [4.78, 5) is 11.6. The lowest BCUT2D eigenvalue weighted by Gasteiger charge is -1.99. The Morgan fingerprint density at radius 1 is 1.65 bits per heavy atom. The summed E-state index contributed by atoms with van der Waals surface area (Å²) in [6.45, 7) is 0.659. The fourth-order valence-corrected chi connectivity index (χ4v) is 1.28. The molecule has 0 saturated heterocycles. The van der Waals surface area contributed by atoms with Crippen LogP contribution in [0.25, 0.3) is 0 Å². The van der Waals surface area contributed by atoms with Crippen LogP contribution in [0.5, 0.6) is 0 Å². The highest BCUT2D eigenvalue weighted by atomic mass is 16.5. The lowest BCUT2D eigenvalue weighted by atomic mass is 10.3. The molecule has 0 aliphatic rings. The van der Waals surface area contributed by atoms with Gasteiger partial charge < -0.3 is 14.6 Å². The number of H-pyrrole nitrogens is 1. The van der Waals surface area contributed by atoms with Crippen LogP contribution in [0.1, 0.15) is 21.9 Å². The van der Waals surface area contributed by atoms with E-state index in [0.29, 0.717) is 18.9 Å². The Kier molecular flexibility index (Phi) is 3.51. The van der Waals surface area contributed by atoms with E-state index in [0.717, 1.165) is 5.69 Å². The van der Waals surface area contributed by atoms with Crippen molar-refractivity contribution in [3.63, 3.8) is 0 Å². The largest absolute Gasteiger partial charge is 0.377 e. The zero-order valence-electron chi connectivity index (χ0n) is 9.27. The molecular formula is C10H12N4O3. The van der Waals surface area contributed by atoms with Gasteiger partial charge in [0, 0.05) is 19.4 Å². The summed E-state index contributed by atoms with van der Waals surface area (Å²) in [6.07, 6.45) is 1.62. The predicted molar refractivity (Wildman–Crippen MR) is 57.0 cm³/mol. The zero-order valence-corrected chi connectivity index (χ0v) is 9.27. The summed E-state index contributed by atoms with van der Waals surface area (Å²) in [7, 11) is 1.54. The Balaban J connectivity index is 1.90. The topological polar surface area (TPSA) is 93.0 Å². The van der Waals surface area contributed by atoms with Gasteiger partial charge in [-0.2, -0.15) is 5.10 Å². The smallest absolute Gasteiger partial charge is 0.273 e. The van der Waals surface area contributed by atoms with E-state index in [1.807, 2.05) is 0 Å². The van der Waals surface area contributed by atoms with Crippen LogP contribution in [-0.2, 0) is 17.9 Å². The first kappa shape index (κ1) is 11.3. The van der Waals surface area contributed by atoms with Crippen molar-refractivity contribution in [2.75, 3.05) is 7.11 Å². The van der Waals surface area contributed by atoms with Crippen molar-refractivity contribution in [1.29, 1.82) is 0 Å². The average molecular weight is 236 g/mol. The Hall–Kier alpha value is -2.15. The molecule has 0 aromatic carbocycles. The van der Waals surface area contributed by atoms with Crippen molar-refractivity contribution in [2.24, 2.45) is 0 Å². The van der Waals surface area contributed by atoms with Crippen LogP contribution in [0, 0.1) is 0 Å². The highest BCUT2D eigenvalue weighted by Gasteiger charge is 2.12. The van der Waals surface area contributed by atoms with Crippen LogP contribution in [0.2, 0.25) is 0 Å². The number of amides is 1. The van der Waals surface area contributed by atoms with Gasteiger partial charge >= 0.3 is 0 Å². The maximum absolute atomic E-state index is 11.6. The molecule has 2 aromatic heterocycles. The molecular weight excluding hydrogens is 224 g/mol. The van der Waals surface area contributed by atoms with E-state index in [2.05, 4.69) is 20.7 Å². The molecule has 0 fully saturated rings. The SMILES string of the molecule is COCc1cc(C(=O)NCc2ccn[nH]2)no1. The molecule has 2 rings (SSSR count). The quantitative estimate of drug-likeness (QED) is 0.787. The standard InChI is InChI=1S/C10H12N4O3/c1-16-6-8-4-9(14-17-8)10(15)11-5-7-2-3-12-13-7/h2-4H,5-6H2,1H3,(H,11,15)(H,12,13). The minimum atomic E-state index is -0.300. The van der Waals surface area contributed by atoms with E-state index >= 15 is 0 Å². The zero-order chi connectivity index (χ0) is 12.1. The normalized spacial score (nSPS) is 10.4. The molecule has 0 spiro atoms. The third kappa shape index (κ3) is 2.91. The van der Waals surface area contributed by atoms with Crippen molar-refractivity contribution in [1.82, 2.24) is 20.7 Å². The molecule has 0 radical (unpaired) electrons. The van der Waals surface area contributed by atoms with Crippen molar-refractivity contribution in [3.8, 4) is 0 Å². The number of aromatic nitrogens is 3. The van der Waals surface area contributed by atoms with Gasteiger partial charge in [-0.05, 0) is 6.07 Å². The number of rotatable bonds is 5. The van der Waals surface area contributed by atoms with Crippen LogP contribution in [-0.4, -0.2) is 28.4 Å². The lowest BCUT2D eigenvalue weighted by molar-refractivity contribution is 0.0940. The molecule has 2 aromatic rings. The first-order valence-corrected chi connectivity index (χ1v) is 5.00. The van der Waals surface area contributed by atoms with Gasteiger partial charge in [-0.25, -0.2) is 0 Å². The van der Waals surface area contributed by atoms with E-state index < -0.39 is 0 Å². The second kappa shape index (κ2) is 5.26. The Bertz CT molecular complexity index is 477. The molecule has 7 heteroatoms. The van der Waals surface area contributed by atoms with Crippen molar-refractivity contribution >= 4 is 5.91 Å². The Labute approximate surface area is 97.1 Å². The van der Waals surface area contributed by atoms with Gasteiger partial charge in [0.05, 0.1) is 12.2 Å². The molecule has 1 amide bonds. The predicted octanol–water partition coefficient (Wildman–Crippen LogP) is 0.474. The number of nitrogens with one attached hydrogen (secondary N) is 2. The minimum Gasteiger partial charge on any atom is -0.377 e. The van der Waals surface area contributed by atoms with Crippen LogP contribution < -0.4 is 5.32 Å². The fraction of sp³-hybridized carbons (Fsp3) is 0.300. The molecule has 0 unspecified atom stereocenters. The van der Waals surface area contributed by atoms with Crippen LogP contribution in [0.4, 0.5) is 0 Å². The molecule has 17 heavy (non-hydrogen) atoms. The van der Waals surface area contributed by atoms with Gasteiger partial charge in [0.2, 0.25) is 0 Å².